The first-order valence-electron chi connectivity index (χ1n) is 8.04. The smallest absolute Gasteiger partial charge is 0.186 e. The quantitative estimate of drug-likeness (QED) is 0.638. The predicted molar refractivity (Wildman–Crippen MR) is 94.3 cm³/mol. The van der Waals surface area contributed by atoms with E-state index in [2.05, 4.69) is 56.0 Å². The van der Waals surface area contributed by atoms with E-state index in [1.165, 1.54) is 41.3 Å². The van der Waals surface area contributed by atoms with Crippen molar-refractivity contribution in [1.29, 1.82) is 0 Å². The minimum Gasteiger partial charge on any atom is -0.348 e. The first-order chi connectivity index (χ1) is 10.3. The number of hydrogen-bond acceptors (Lipinski definition) is 3. The van der Waals surface area contributed by atoms with E-state index in [9.17, 15) is 0 Å². The van der Waals surface area contributed by atoms with E-state index in [0.29, 0.717) is 0 Å². The molecule has 0 atom stereocenters. The maximum Gasteiger partial charge on any atom is 0.186 e. The molecule has 3 heteroatoms. The molecular formula is C18H26N2S. The van der Waals surface area contributed by atoms with Gasteiger partial charge in [0.25, 0.3) is 0 Å². The van der Waals surface area contributed by atoms with Gasteiger partial charge in [0.15, 0.2) is 5.13 Å². The topological polar surface area (TPSA) is 16.1 Å². The number of benzene rings is 1. The van der Waals surface area contributed by atoms with Gasteiger partial charge < -0.3 is 4.90 Å². The molecular weight excluding hydrogens is 276 g/mol. The Morgan fingerprint density at radius 2 is 1.62 bits per heavy atom. The van der Waals surface area contributed by atoms with Crippen LogP contribution in [0.4, 0.5) is 5.13 Å². The molecule has 0 N–H and O–H groups in total. The molecule has 0 spiro atoms. The third-order valence-corrected chi connectivity index (χ3v) is 4.70. The number of hydrogen-bond donors (Lipinski definition) is 0. The highest BCUT2D eigenvalue weighted by Gasteiger charge is 2.14. The number of unbranched alkanes of at least 4 members (excludes halogenated alkanes) is 2. The zero-order chi connectivity index (χ0) is 15.1. The summed E-state index contributed by atoms with van der Waals surface area (Å²) in [5.74, 6) is 0. The van der Waals surface area contributed by atoms with Crippen LogP contribution in [-0.4, -0.2) is 18.1 Å². The molecule has 0 aliphatic carbocycles. The number of anilines is 1. The second-order valence-electron chi connectivity index (χ2n) is 5.46. The van der Waals surface area contributed by atoms with Gasteiger partial charge in [-0.25, -0.2) is 4.98 Å². The molecule has 2 nitrogen and oxygen atoms in total. The van der Waals surface area contributed by atoms with Crippen molar-refractivity contribution in [2.24, 2.45) is 0 Å². The summed E-state index contributed by atoms with van der Waals surface area (Å²) in [6.07, 6.45) is 4.95. The number of thiazole rings is 1. The second-order valence-corrected chi connectivity index (χ2v) is 6.64. The van der Waals surface area contributed by atoms with E-state index >= 15 is 0 Å². The normalized spacial score (nSPS) is 10.8. The summed E-state index contributed by atoms with van der Waals surface area (Å²) < 4.78 is 0. The molecule has 0 amide bonds. The van der Waals surface area contributed by atoms with Crippen LogP contribution < -0.4 is 4.90 Å². The van der Waals surface area contributed by atoms with Crippen LogP contribution in [0.25, 0.3) is 11.3 Å². The molecule has 0 aliphatic rings. The third-order valence-electron chi connectivity index (χ3n) is 3.67. The molecule has 114 valence electrons. The van der Waals surface area contributed by atoms with Crippen molar-refractivity contribution in [2.45, 2.75) is 46.5 Å². The minimum atomic E-state index is 1.12. The van der Waals surface area contributed by atoms with E-state index in [4.69, 9.17) is 4.98 Å². The third kappa shape index (κ3) is 4.31. The number of nitrogens with zero attached hydrogens (tertiary/aromatic N) is 2. The fraction of sp³-hybridized carbons (Fsp3) is 0.500. The average Bonchev–Trinajstić information content (AvgIpc) is 2.90. The van der Waals surface area contributed by atoms with Crippen LogP contribution >= 0.6 is 11.3 Å². The molecule has 0 saturated carbocycles. The number of aryl methyl sites for hydroxylation is 1. The second kappa shape index (κ2) is 8.18. The van der Waals surface area contributed by atoms with E-state index in [1.54, 1.807) is 0 Å². The van der Waals surface area contributed by atoms with Crippen LogP contribution in [0.5, 0.6) is 0 Å². The fourth-order valence-corrected chi connectivity index (χ4v) is 3.37. The minimum absolute atomic E-state index is 1.12. The highest BCUT2D eigenvalue weighted by atomic mass is 32.1. The summed E-state index contributed by atoms with van der Waals surface area (Å²) in [5.41, 5.74) is 2.37. The SMILES string of the molecule is CCCCN(CCCC)c1nc(-c2ccccc2)c(C)s1. The maximum atomic E-state index is 4.93. The summed E-state index contributed by atoms with van der Waals surface area (Å²) >= 11 is 1.83. The Labute approximate surface area is 132 Å². The molecule has 1 aromatic heterocycles. The van der Waals surface area contributed by atoms with Gasteiger partial charge >= 0.3 is 0 Å². The molecule has 0 radical (unpaired) electrons. The molecule has 2 rings (SSSR count). The average molecular weight is 302 g/mol. The van der Waals surface area contributed by atoms with Crippen LogP contribution in [0.3, 0.4) is 0 Å². The molecule has 0 aliphatic heterocycles. The van der Waals surface area contributed by atoms with Gasteiger partial charge in [-0.1, -0.05) is 57.0 Å². The Balaban J connectivity index is 2.21. The van der Waals surface area contributed by atoms with Gasteiger partial charge in [-0.3, -0.25) is 0 Å². The number of rotatable bonds is 8. The summed E-state index contributed by atoms with van der Waals surface area (Å²) in [5, 5.41) is 1.19. The van der Waals surface area contributed by atoms with Gasteiger partial charge in [0.05, 0.1) is 5.69 Å². The van der Waals surface area contributed by atoms with Crippen molar-refractivity contribution in [3.8, 4) is 11.3 Å². The first-order valence-corrected chi connectivity index (χ1v) is 8.85. The molecule has 0 saturated heterocycles. The number of aromatic nitrogens is 1. The van der Waals surface area contributed by atoms with Crippen LogP contribution in [-0.2, 0) is 0 Å². The zero-order valence-electron chi connectivity index (χ0n) is 13.4. The highest BCUT2D eigenvalue weighted by Crippen LogP contribution is 2.32. The first kappa shape index (κ1) is 16.0. The van der Waals surface area contributed by atoms with Crippen molar-refractivity contribution >= 4 is 16.5 Å². The summed E-state index contributed by atoms with van der Waals surface area (Å²) in [6, 6.07) is 10.5. The summed E-state index contributed by atoms with van der Waals surface area (Å²) in [6.45, 7) is 8.93. The molecule has 0 unspecified atom stereocenters. The Morgan fingerprint density at radius 1 is 1.00 bits per heavy atom. The van der Waals surface area contributed by atoms with Crippen molar-refractivity contribution < 1.29 is 0 Å². The van der Waals surface area contributed by atoms with Crippen LogP contribution in [0.1, 0.15) is 44.4 Å². The van der Waals surface area contributed by atoms with Gasteiger partial charge in [0.2, 0.25) is 0 Å². The Morgan fingerprint density at radius 3 is 2.19 bits per heavy atom. The van der Waals surface area contributed by atoms with Gasteiger partial charge in [-0.2, -0.15) is 0 Å². The summed E-state index contributed by atoms with van der Waals surface area (Å²) in [4.78, 5) is 8.71. The zero-order valence-corrected chi connectivity index (χ0v) is 14.2. The van der Waals surface area contributed by atoms with Crippen LogP contribution in [0.15, 0.2) is 30.3 Å². The van der Waals surface area contributed by atoms with E-state index in [0.717, 1.165) is 18.8 Å². The van der Waals surface area contributed by atoms with E-state index in [1.807, 2.05) is 11.3 Å². The molecule has 1 aromatic carbocycles. The van der Waals surface area contributed by atoms with Gasteiger partial charge in [0, 0.05) is 23.5 Å². The fourth-order valence-electron chi connectivity index (χ4n) is 2.38. The lowest BCUT2D eigenvalue weighted by atomic mass is 10.1. The van der Waals surface area contributed by atoms with Crippen LogP contribution in [0.2, 0.25) is 0 Å². The molecule has 0 bridgehead atoms. The van der Waals surface area contributed by atoms with Crippen molar-refractivity contribution in [3.63, 3.8) is 0 Å². The van der Waals surface area contributed by atoms with Crippen molar-refractivity contribution in [1.82, 2.24) is 4.98 Å². The van der Waals surface area contributed by atoms with Gasteiger partial charge in [-0.15, -0.1) is 11.3 Å². The lowest BCUT2D eigenvalue weighted by Crippen LogP contribution is -2.25. The molecule has 2 aromatic rings. The monoisotopic (exact) mass is 302 g/mol. The van der Waals surface area contributed by atoms with Gasteiger partial charge in [-0.05, 0) is 19.8 Å². The largest absolute Gasteiger partial charge is 0.348 e. The van der Waals surface area contributed by atoms with Gasteiger partial charge in [0.1, 0.15) is 0 Å². The maximum absolute atomic E-state index is 4.93. The Bertz CT molecular complexity index is 525. The Kier molecular flexibility index (Phi) is 6.24. The Hall–Kier alpha value is -1.35. The molecule has 0 fully saturated rings. The van der Waals surface area contributed by atoms with Crippen molar-refractivity contribution in [2.75, 3.05) is 18.0 Å². The highest BCUT2D eigenvalue weighted by molar-refractivity contribution is 7.16. The lowest BCUT2D eigenvalue weighted by molar-refractivity contribution is 0.676. The lowest BCUT2D eigenvalue weighted by Gasteiger charge is -2.21. The van der Waals surface area contributed by atoms with Crippen molar-refractivity contribution in [3.05, 3.63) is 35.2 Å². The molecule has 21 heavy (non-hydrogen) atoms. The van der Waals surface area contributed by atoms with E-state index < -0.39 is 0 Å². The van der Waals surface area contributed by atoms with E-state index in [-0.39, 0.29) is 0 Å². The van der Waals surface area contributed by atoms with Crippen LogP contribution in [0, 0.1) is 6.92 Å². The standard InChI is InChI=1S/C18H26N2S/c1-4-6-13-20(14-7-5-2)18-19-17(15(3)21-18)16-11-9-8-10-12-16/h8-12H,4-7,13-14H2,1-3H3. The summed E-state index contributed by atoms with van der Waals surface area (Å²) in [7, 11) is 0. The predicted octanol–water partition coefficient (Wildman–Crippen LogP) is 5.53. The molecule has 1 heterocycles.